The predicted octanol–water partition coefficient (Wildman–Crippen LogP) is 4.36. The maximum atomic E-state index is 12.8. The molecule has 1 saturated heterocycles. The van der Waals surface area contributed by atoms with E-state index in [9.17, 15) is 27.6 Å². The average Bonchev–Trinajstić information content (AvgIpc) is 2.83. The Morgan fingerprint density at radius 2 is 1.83 bits per heavy atom. The van der Waals surface area contributed by atoms with Gasteiger partial charge in [-0.1, -0.05) is 53.5 Å². The first kappa shape index (κ1) is 27.9. The molecule has 36 heavy (non-hydrogen) atoms. The summed E-state index contributed by atoms with van der Waals surface area (Å²) in [6, 6.07) is 10.5. The molecule has 2 aromatic rings. The highest BCUT2D eigenvalue weighted by atomic mass is 35.5. The summed E-state index contributed by atoms with van der Waals surface area (Å²) in [5, 5.41) is 3.38. The molecule has 3 rings (SSSR count). The molecule has 7 nitrogen and oxygen atoms in total. The Balaban J connectivity index is 1.64. The molecule has 2 atom stereocenters. The van der Waals surface area contributed by atoms with E-state index in [2.05, 4.69) is 15.0 Å². The van der Waals surface area contributed by atoms with Gasteiger partial charge in [-0.25, -0.2) is 4.79 Å². The zero-order valence-corrected chi connectivity index (χ0v) is 20.6. The number of rotatable bonds is 8. The van der Waals surface area contributed by atoms with Crippen LogP contribution in [0.3, 0.4) is 0 Å². The Hall–Kier alpha value is -2.66. The molecule has 1 N–H and O–H groups in total. The number of hydrogen-bond acceptors (Lipinski definition) is 6. The van der Waals surface area contributed by atoms with Crippen LogP contribution in [-0.4, -0.2) is 61.1 Å². The van der Waals surface area contributed by atoms with Crippen molar-refractivity contribution in [3.05, 3.63) is 69.2 Å². The van der Waals surface area contributed by atoms with Crippen LogP contribution in [0.4, 0.5) is 13.2 Å². The first-order valence-corrected chi connectivity index (χ1v) is 11.6. The van der Waals surface area contributed by atoms with Gasteiger partial charge >= 0.3 is 12.1 Å². The van der Waals surface area contributed by atoms with Gasteiger partial charge in [-0.2, -0.15) is 13.2 Å². The van der Waals surface area contributed by atoms with Crippen molar-refractivity contribution >= 4 is 40.9 Å². The summed E-state index contributed by atoms with van der Waals surface area (Å²) in [7, 11) is 0. The third-order valence-corrected chi connectivity index (χ3v) is 6.17. The summed E-state index contributed by atoms with van der Waals surface area (Å²) in [5.41, 5.74) is 1.21. The van der Waals surface area contributed by atoms with E-state index in [-0.39, 0.29) is 23.5 Å². The number of halogens is 5. The van der Waals surface area contributed by atoms with Gasteiger partial charge in [0.1, 0.15) is 0 Å². The fraction of sp³-hybridized carbons (Fsp3) is 0.375. The van der Waals surface area contributed by atoms with E-state index in [0.717, 1.165) is 5.56 Å². The van der Waals surface area contributed by atoms with Crippen molar-refractivity contribution in [1.82, 2.24) is 10.2 Å². The zero-order chi connectivity index (χ0) is 26.5. The molecule has 0 saturated carbocycles. The first-order chi connectivity index (χ1) is 16.9. The van der Waals surface area contributed by atoms with Crippen LogP contribution in [0.25, 0.3) is 0 Å². The average molecular weight is 547 g/mol. The van der Waals surface area contributed by atoms with Crippen molar-refractivity contribution in [2.75, 3.05) is 26.2 Å². The van der Waals surface area contributed by atoms with Crippen LogP contribution in [0.5, 0.6) is 0 Å². The van der Waals surface area contributed by atoms with Crippen LogP contribution in [0.15, 0.2) is 42.5 Å². The lowest BCUT2D eigenvalue weighted by molar-refractivity contribution is -0.205. The number of hydrogen-bond donors (Lipinski definition) is 1. The van der Waals surface area contributed by atoms with Gasteiger partial charge in [0.15, 0.2) is 5.78 Å². The number of ketones is 1. The van der Waals surface area contributed by atoms with E-state index in [0.29, 0.717) is 36.3 Å². The molecule has 1 amide bonds. The number of benzene rings is 2. The minimum Gasteiger partial charge on any atom is -0.441 e. The maximum Gasteiger partial charge on any atom is 0.490 e. The van der Waals surface area contributed by atoms with Gasteiger partial charge in [-0.05, 0) is 24.6 Å². The molecule has 194 valence electrons. The molecule has 1 aliphatic heterocycles. The summed E-state index contributed by atoms with van der Waals surface area (Å²) in [5.74, 6) is -3.72. The number of ether oxygens (including phenoxy) is 2. The fourth-order valence-corrected chi connectivity index (χ4v) is 3.91. The fourth-order valence-electron chi connectivity index (χ4n) is 3.59. The second-order valence-electron chi connectivity index (χ2n) is 8.18. The number of esters is 1. The van der Waals surface area contributed by atoms with Crippen molar-refractivity contribution < 1.29 is 37.0 Å². The Morgan fingerprint density at radius 3 is 2.44 bits per heavy atom. The number of amides is 1. The molecule has 0 spiro atoms. The summed E-state index contributed by atoms with van der Waals surface area (Å²) in [4.78, 5) is 37.8. The molecule has 1 aliphatic rings. The summed E-state index contributed by atoms with van der Waals surface area (Å²) in [6.07, 6.45) is -7.60. The molecular formula is C24H23Cl2F3N2O5. The molecular weight excluding hydrogens is 524 g/mol. The number of carbonyl (C=O) groups excluding carboxylic acids is 3. The van der Waals surface area contributed by atoms with Gasteiger partial charge in [0, 0.05) is 37.3 Å². The summed E-state index contributed by atoms with van der Waals surface area (Å²) in [6.45, 7) is 3.28. The zero-order valence-electron chi connectivity index (χ0n) is 19.1. The van der Waals surface area contributed by atoms with Gasteiger partial charge in [0.05, 0.1) is 22.8 Å². The highest BCUT2D eigenvalue weighted by Gasteiger charge is 2.43. The van der Waals surface area contributed by atoms with Crippen molar-refractivity contribution in [3.8, 4) is 0 Å². The lowest BCUT2D eigenvalue weighted by atomic mass is 10.0. The number of nitrogens with zero attached hydrogens (tertiary/aromatic N) is 1. The van der Waals surface area contributed by atoms with Crippen LogP contribution in [-0.2, 0) is 25.6 Å². The molecule has 0 radical (unpaired) electrons. The van der Waals surface area contributed by atoms with E-state index in [1.807, 2.05) is 6.07 Å². The van der Waals surface area contributed by atoms with E-state index in [1.165, 1.54) is 31.2 Å². The third kappa shape index (κ3) is 7.67. The second-order valence-corrected chi connectivity index (χ2v) is 9.00. The highest BCUT2D eigenvalue weighted by Crippen LogP contribution is 2.26. The topological polar surface area (TPSA) is 84.9 Å². The molecule has 1 fully saturated rings. The van der Waals surface area contributed by atoms with Crippen LogP contribution < -0.4 is 5.32 Å². The van der Waals surface area contributed by atoms with Crippen molar-refractivity contribution in [1.29, 1.82) is 0 Å². The normalized spacial score (nSPS) is 17.3. The minimum absolute atomic E-state index is 0.0130. The van der Waals surface area contributed by atoms with Gasteiger partial charge in [0.25, 0.3) is 5.91 Å². The van der Waals surface area contributed by atoms with Gasteiger partial charge in [-0.3, -0.25) is 14.5 Å². The van der Waals surface area contributed by atoms with E-state index < -0.39 is 30.3 Å². The van der Waals surface area contributed by atoms with Gasteiger partial charge in [-0.15, -0.1) is 0 Å². The van der Waals surface area contributed by atoms with Crippen LogP contribution >= 0.6 is 23.2 Å². The van der Waals surface area contributed by atoms with Crippen LogP contribution in [0.1, 0.15) is 34.5 Å². The number of carbonyl (C=O) groups is 3. The van der Waals surface area contributed by atoms with Gasteiger partial charge in [0.2, 0.25) is 6.10 Å². The van der Waals surface area contributed by atoms with Crippen LogP contribution in [0.2, 0.25) is 10.0 Å². The molecule has 2 unspecified atom stereocenters. The number of Topliss-reactive ketones (excluding diaryl/α,β-unsaturated/α-hetero) is 1. The monoisotopic (exact) mass is 546 g/mol. The lowest BCUT2D eigenvalue weighted by Gasteiger charge is -2.33. The quantitative estimate of drug-likeness (QED) is 0.391. The van der Waals surface area contributed by atoms with E-state index in [4.69, 9.17) is 27.9 Å². The third-order valence-electron chi connectivity index (χ3n) is 5.43. The molecule has 1 heterocycles. The molecule has 2 aromatic carbocycles. The number of morpholine rings is 1. The first-order valence-electron chi connectivity index (χ1n) is 10.9. The van der Waals surface area contributed by atoms with E-state index >= 15 is 0 Å². The summed E-state index contributed by atoms with van der Waals surface area (Å²) >= 11 is 12.0. The lowest BCUT2D eigenvalue weighted by Crippen LogP contribution is -2.48. The van der Waals surface area contributed by atoms with E-state index in [1.54, 1.807) is 12.1 Å². The Bertz CT molecular complexity index is 1110. The molecule has 12 heteroatoms. The van der Waals surface area contributed by atoms with Crippen molar-refractivity contribution in [2.24, 2.45) is 0 Å². The molecule has 0 aromatic heterocycles. The predicted molar refractivity (Wildman–Crippen MR) is 126 cm³/mol. The SMILES string of the molecule is CC(=O)c1ccc(C(OC(=O)C(F)(F)F)C(=O)NCC2CN(Cc3ccc(Cl)c(Cl)c3)CCO2)cc1. The Morgan fingerprint density at radius 1 is 1.14 bits per heavy atom. The highest BCUT2D eigenvalue weighted by molar-refractivity contribution is 6.42. The Kier molecular flexibility index (Phi) is 9.35. The number of alkyl halides is 3. The second kappa shape index (κ2) is 12.1. The largest absolute Gasteiger partial charge is 0.490 e. The minimum atomic E-state index is -5.28. The maximum absolute atomic E-state index is 12.8. The molecule has 0 bridgehead atoms. The van der Waals surface area contributed by atoms with Crippen LogP contribution in [0, 0.1) is 0 Å². The standard InChI is InChI=1S/C24H23Cl2F3N2O5/c1-14(32)16-3-5-17(6-4-16)21(36-23(34)24(27,28)29)22(33)30-11-18-13-31(8-9-35-18)12-15-2-7-19(25)20(26)10-15/h2-7,10,18,21H,8-9,11-13H2,1H3,(H,30,33). The Labute approximate surface area is 215 Å². The van der Waals surface area contributed by atoms with Crippen molar-refractivity contribution in [2.45, 2.75) is 31.9 Å². The molecule has 0 aliphatic carbocycles. The smallest absolute Gasteiger partial charge is 0.441 e. The number of nitrogens with one attached hydrogen (secondary N) is 1. The summed E-state index contributed by atoms with van der Waals surface area (Å²) < 4.78 is 48.6. The van der Waals surface area contributed by atoms with Crippen molar-refractivity contribution in [3.63, 3.8) is 0 Å². The van der Waals surface area contributed by atoms with Gasteiger partial charge < -0.3 is 14.8 Å².